The zero-order valence-electron chi connectivity index (χ0n) is 8.78. The van der Waals surface area contributed by atoms with Crippen molar-refractivity contribution in [3.8, 4) is 0 Å². The molecule has 0 aromatic rings. The second-order valence-electron chi connectivity index (χ2n) is 2.71. The standard InChI is InChI=1S/C9H14O6/c1-7(10)15-6-8(11)5-9(12)14-4-3-13-2/h3-6H2,1-2H3. The number of ketones is 1. The molecule has 0 unspecified atom stereocenters. The first-order valence-corrected chi connectivity index (χ1v) is 4.36. The van der Waals surface area contributed by atoms with E-state index in [0.29, 0.717) is 0 Å². The van der Waals surface area contributed by atoms with Crippen LogP contribution in [0.15, 0.2) is 0 Å². The van der Waals surface area contributed by atoms with Crippen molar-refractivity contribution >= 4 is 17.7 Å². The van der Waals surface area contributed by atoms with Crippen LogP contribution in [0.5, 0.6) is 0 Å². The number of hydrogen-bond donors (Lipinski definition) is 0. The fourth-order valence-corrected chi connectivity index (χ4v) is 0.684. The van der Waals surface area contributed by atoms with Gasteiger partial charge >= 0.3 is 11.9 Å². The molecule has 0 bridgehead atoms. The molecule has 0 fully saturated rings. The van der Waals surface area contributed by atoms with Gasteiger partial charge in [0.1, 0.15) is 13.0 Å². The second-order valence-corrected chi connectivity index (χ2v) is 2.71. The molecule has 0 aliphatic rings. The normalized spacial score (nSPS) is 9.47. The van der Waals surface area contributed by atoms with Crippen LogP contribution in [0.25, 0.3) is 0 Å². The molecule has 0 aliphatic heterocycles. The summed E-state index contributed by atoms with van der Waals surface area (Å²) in [6.45, 7) is 1.18. The van der Waals surface area contributed by atoms with Crippen LogP contribution in [0.2, 0.25) is 0 Å². The van der Waals surface area contributed by atoms with E-state index in [1.165, 1.54) is 14.0 Å². The van der Waals surface area contributed by atoms with Crippen molar-refractivity contribution in [2.24, 2.45) is 0 Å². The van der Waals surface area contributed by atoms with E-state index < -0.39 is 30.7 Å². The highest BCUT2D eigenvalue weighted by Crippen LogP contribution is 1.90. The Balaban J connectivity index is 3.58. The Hall–Kier alpha value is -1.43. The summed E-state index contributed by atoms with van der Waals surface area (Å²) in [4.78, 5) is 32.3. The fraction of sp³-hybridized carbons (Fsp3) is 0.667. The predicted molar refractivity (Wildman–Crippen MR) is 49.1 cm³/mol. The Bertz CT molecular complexity index is 235. The third kappa shape index (κ3) is 8.89. The minimum atomic E-state index is -0.649. The maximum atomic E-state index is 11.0. The summed E-state index contributed by atoms with van der Waals surface area (Å²) in [6.07, 6.45) is -0.392. The van der Waals surface area contributed by atoms with Gasteiger partial charge in [0.15, 0.2) is 12.4 Å². The number of carbonyl (C=O) groups excluding carboxylic acids is 3. The quantitative estimate of drug-likeness (QED) is 0.331. The molecule has 0 N–H and O–H groups in total. The average Bonchev–Trinajstić information content (AvgIpc) is 2.15. The zero-order chi connectivity index (χ0) is 11.7. The Labute approximate surface area is 87.5 Å². The number of esters is 2. The molecular weight excluding hydrogens is 204 g/mol. The van der Waals surface area contributed by atoms with Crippen LogP contribution >= 0.6 is 0 Å². The number of ether oxygens (including phenoxy) is 3. The van der Waals surface area contributed by atoms with Crippen molar-refractivity contribution in [3.63, 3.8) is 0 Å². The highest BCUT2D eigenvalue weighted by molar-refractivity contribution is 5.96. The van der Waals surface area contributed by atoms with Gasteiger partial charge in [0.25, 0.3) is 0 Å². The Morgan fingerprint density at radius 2 is 1.73 bits per heavy atom. The van der Waals surface area contributed by atoms with E-state index in [4.69, 9.17) is 0 Å². The molecule has 0 saturated heterocycles. The van der Waals surface area contributed by atoms with E-state index >= 15 is 0 Å². The first-order chi connectivity index (χ1) is 7.06. The van der Waals surface area contributed by atoms with Crippen LogP contribution in [0.4, 0.5) is 0 Å². The van der Waals surface area contributed by atoms with Crippen LogP contribution in [0.3, 0.4) is 0 Å². The molecule has 0 heterocycles. The largest absolute Gasteiger partial charge is 0.463 e. The van der Waals surface area contributed by atoms with E-state index in [9.17, 15) is 14.4 Å². The SMILES string of the molecule is COCCOC(=O)CC(=O)COC(C)=O. The summed E-state index contributed by atoms with van der Waals surface area (Å²) in [5, 5.41) is 0. The molecule has 15 heavy (non-hydrogen) atoms. The van der Waals surface area contributed by atoms with Gasteiger partial charge in [-0.25, -0.2) is 0 Å². The third-order valence-corrected chi connectivity index (χ3v) is 1.33. The van der Waals surface area contributed by atoms with Crippen LogP contribution in [-0.2, 0) is 28.6 Å². The van der Waals surface area contributed by atoms with Gasteiger partial charge in [0, 0.05) is 14.0 Å². The molecule has 0 aromatic heterocycles. The predicted octanol–water partition coefficient (Wildman–Crippen LogP) is -0.302. The summed E-state index contributed by atoms with van der Waals surface area (Å²) in [6, 6.07) is 0. The van der Waals surface area contributed by atoms with Crippen molar-refractivity contribution in [3.05, 3.63) is 0 Å². The summed E-state index contributed by atoms with van der Waals surface area (Å²) < 4.78 is 13.7. The highest BCUT2D eigenvalue weighted by Gasteiger charge is 2.11. The van der Waals surface area contributed by atoms with Gasteiger partial charge in [-0.2, -0.15) is 0 Å². The lowest BCUT2D eigenvalue weighted by Crippen LogP contribution is -2.18. The number of methoxy groups -OCH3 is 1. The zero-order valence-corrected chi connectivity index (χ0v) is 8.78. The first kappa shape index (κ1) is 13.6. The lowest BCUT2D eigenvalue weighted by molar-refractivity contribution is -0.151. The Morgan fingerprint density at radius 1 is 1.07 bits per heavy atom. The van der Waals surface area contributed by atoms with Gasteiger partial charge in [-0.3, -0.25) is 14.4 Å². The summed E-state index contributed by atoms with van der Waals surface area (Å²) in [5.74, 6) is -1.70. The van der Waals surface area contributed by atoms with Gasteiger partial charge in [-0.05, 0) is 0 Å². The number of rotatable bonds is 7. The van der Waals surface area contributed by atoms with Gasteiger partial charge in [-0.15, -0.1) is 0 Å². The average molecular weight is 218 g/mol. The van der Waals surface area contributed by atoms with Crippen molar-refractivity contribution in [2.75, 3.05) is 26.9 Å². The molecule has 0 aromatic carbocycles. The van der Waals surface area contributed by atoms with Crippen LogP contribution < -0.4 is 0 Å². The Kier molecular flexibility index (Phi) is 7.17. The van der Waals surface area contributed by atoms with E-state index in [2.05, 4.69) is 14.2 Å². The summed E-state index contributed by atoms with van der Waals surface area (Å²) >= 11 is 0. The van der Waals surface area contributed by atoms with Crippen LogP contribution in [0.1, 0.15) is 13.3 Å². The van der Waals surface area contributed by atoms with Gasteiger partial charge < -0.3 is 14.2 Å². The molecule has 0 radical (unpaired) electrons. The molecule has 0 spiro atoms. The highest BCUT2D eigenvalue weighted by atomic mass is 16.6. The van der Waals surface area contributed by atoms with Crippen LogP contribution in [-0.4, -0.2) is 44.7 Å². The second kappa shape index (κ2) is 7.93. The molecule has 6 heteroatoms. The lowest BCUT2D eigenvalue weighted by atomic mass is 10.3. The summed E-state index contributed by atoms with van der Waals surface area (Å²) in [7, 11) is 1.47. The monoisotopic (exact) mass is 218 g/mol. The molecule has 86 valence electrons. The molecule has 6 nitrogen and oxygen atoms in total. The van der Waals surface area contributed by atoms with E-state index in [1.807, 2.05) is 0 Å². The van der Waals surface area contributed by atoms with E-state index in [1.54, 1.807) is 0 Å². The maximum absolute atomic E-state index is 11.0. The first-order valence-electron chi connectivity index (χ1n) is 4.36. The van der Waals surface area contributed by atoms with E-state index in [0.717, 1.165) is 0 Å². The molecule has 0 atom stereocenters. The maximum Gasteiger partial charge on any atom is 0.313 e. The Morgan fingerprint density at radius 3 is 2.27 bits per heavy atom. The topological polar surface area (TPSA) is 78.9 Å². The minimum absolute atomic E-state index is 0.107. The van der Waals surface area contributed by atoms with Gasteiger partial charge in [0.2, 0.25) is 0 Å². The molecule has 0 saturated carbocycles. The van der Waals surface area contributed by atoms with Crippen molar-refractivity contribution in [2.45, 2.75) is 13.3 Å². The van der Waals surface area contributed by atoms with Gasteiger partial charge in [0.05, 0.1) is 6.61 Å². The lowest BCUT2D eigenvalue weighted by Gasteiger charge is -2.03. The van der Waals surface area contributed by atoms with Crippen molar-refractivity contribution < 1.29 is 28.6 Å². The number of Topliss-reactive ketones (excluding diaryl/α,β-unsaturated/α-hetero) is 1. The van der Waals surface area contributed by atoms with Crippen molar-refractivity contribution in [1.29, 1.82) is 0 Å². The fourth-order valence-electron chi connectivity index (χ4n) is 0.684. The molecule has 0 aliphatic carbocycles. The number of carbonyl (C=O) groups is 3. The van der Waals surface area contributed by atoms with Crippen molar-refractivity contribution in [1.82, 2.24) is 0 Å². The minimum Gasteiger partial charge on any atom is -0.463 e. The summed E-state index contributed by atoms with van der Waals surface area (Å²) in [5.41, 5.74) is 0. The smallest absolute Gasteiger partial charge is 0.313 e. The van der Waals surface area contributed by atoms with Gasteiger partial charge in [-0.1, -0.05) is 0 Å². The molecule has 0 amide bonds. The van der Waals surface area contributed by atoms with Crippen LogP contribution in [0, 0.1) is 0 Å². The number of hydrogen-bond acceptors (Lipinski definition) is 6. The third-order valence-electron chi connectivity index (χ3n) is 1.33. The molecular formula is C9H14O6. The van der Waals surface area contributed by atoms with E-state index in [-0.39, 0.29) is 13.2 Å². The molecule has 0 rings (SSSR count).